The van der Waals surface area contributed by atoms with E-state index in [4.69, 9.17) is 0 Å². The van der Waals surface area contributed by atoms with E-state index in [1.54, 1.807) is 6.08 Å². The van der Waals surface area contributed by atoms with Crippen LogP contribution in [0.15, 0.2) is 48.6 Å². The van der Waals surface area contributed by atoms with Gasteiger partial charge in [-0.3, -0.25) is 4.79 Å². The van der Waals surface area contributed by atoms with Gasteiger partial charge in [-0.2, -0.15) is 0 Å². The van der Waals surface area contributed by atoms with Crippen LogP contribution in [0.3, 0.4) is 0 Å². The summed E-state index contributed by atoms with van der Waals surface area (Å²) in [6.45, 7) is 4.30. The largest absolute Gasteiger partial charge is 0.394 e. The van der Waals surface area contributed by atoms with Crippen LogP contribution in [0, 0.1) is 0 Å². The van der Waals surface area contributed by atoms with Gasteiger partial charge in [0.25, 0.3) is 0 Å². The maximum absolute atomic E-state index is 12.4. The van der Waals surface area contributed by atoms with Gasteiger partial charge in [0.15, 0.2) is 0 Å². The van der Waals surface area contributed by atoms with Gasteiger partial charge >= 0.3 is 0 Å². The molecule has 4 nitrogen and oxygen atoms in total. The average Bonchev–Trinajstić information content (AvgIpc) is 3.19. The molecule has 4 heteroatoms. The highest BCUT2D eigenvalue weighted by atomic mass is 16.3. The van der Waals surface area contributed by atoms with E-state index in [0.717, 1.165) is 38.5 Å². The summed E-state index contributed by atoms with van der Waals surface area (Å²) in [6, 6.07) is -0.642. The first-order valence-corrected chi connectivity index (χ1v) is 24.4. The number of hydrogen-bond donors (Lipinski definition) is 3. The number of nitrogens with one attached hydrogen (secondary N) is 1. The zero-order chi connectivity index (χ0) is 40.0. The lowest BCUT2D eigenvalue weighted by atomic mass is 10.0. The predicted molar refractivity (Wildman–Crippen MR) is 244 cm³/mol. The van der Waals surface area contributed by atoms with Crippen LogP contribution in [0.25, 0.3) is 0 Å². The van der Waals surface area contributed by atoms with Crippen molar-refractivity contribution in [1.82, 2.24) is 5.32 Å². The normalized spacial score (nSPS) is 13.3. The van der Waals surface area contributed by atoms with E-state index >= 15 is 0 Å². The molecule has 0 radical (unpaired) electrons. The molecule has 0 aromatic rings. The summed E-state index contributed by atoms with van der Waals surface area (Å²) in [7, 11) is 0. The Morgan fingerprint density at radius 3 is 1.16 bits per heavy atom. The van der Waals surface area contributed by atoms with Crippen LogP contribution in [-0.2, 0) is 4.79 Å². The number of unbranched alkanes of at least 4 members (excludes halogenated alkanes) is 31. The Hall–Kier alpha value is -1.65. The summed E-state index contributed by atoms with van der Waals surface area (Å²) in [6.07, 6.45) is 63.8. The van der Waals surface area contributed by atoms with Crippen LogP contribution in [0.5, 0.6) is 0 Å². The number of amides is 1. The Kier molecular flexibility index (Phi) is 45.3. The number of allylic oxidation sites excluding steroid dienone is 7. The molecular weight excluding hydrogens is 675 g/mol. The van der Waals surface area contributed by atoms with Crippen LogP contribution in [0.4, 0.5) is 0 Å². The van der Waals surface area contributed by atoms with Gasteiger partial charge in [0.1, 0.15) is 0 Å². The molecule has 0 heterocycles. The van der Waals surface area contributed by atoms with Crippen LogP contribution in [-0.4, -0.2) is 34.9 Å². The first-order chi connectivity index (χ1) is 27.2. The minimum atomic E-state index is -0.865. The molecule has 0 aromatic carbocycles. The average molecular weight is 770 g/mol. The molecule has 0 aliphatic carbocycles. The van der Waals surface area contributed by atoms with Crippen LogP contribution in [0.2, 0.25) is 0 Å². The molecule has 0 rings (SSSR count). The molecule has 0 aliphatic rings. The second-order valence-corrected chi connectivity index (χ2v) is 16.5. The number of hydrogen-bond acceptors (Lipinski definition) is 3. The summed E-state index contributed by atoms with van der Waals surface area (Å²) < 4.78 is 0. The first-order valence-electron chi connectivity index (χ1n) is 24.4. The van der Waals surface area contributed by atoms with Crippen molar-refractivity contribution < 1.29 is 15.0 Å². The lowest BCUT2D eigenvalue weighted by molar-refractivity contribution is -0.123. The van der Waals surface area contributed by atoms with Gasteiger partial charge in [0.2, 0.25) is 5.91 Å². The standard InChI is InChI=1S/C51H95NO3/c1-3-5-7-9-11-13-15-17-19-21-23-25-27-28-30-32-34-36-38-40-42-44-46-50(54)49(48-53)52-51(55)47-45-43-41-39-37-35-33-31-29-26-24-22-20-18-16-14-12-10-8-6-4-2/h16,18,22,24,36,38,44,46,49-50,53-54H,3-15,17,19-21,23,25-35,37,39-43,45,47-48H2,1-2H3,(H,52,55)/b18-16-,24-22-,38-36+,46-44+. The van der Waals surface area contributed by atoms with E-state index in [2.05, 4.69) is 55.6 Å². The summed E-state index contributed by atoms with van der Waals surface area (Å²) in [5.41, 5.74) is 0. The van der Waals surface area contributed by atoms with Crippen LogP contribution in [0.1, 0.15) is 251 Å². The Morgan fingerprint density at radius 2 is 0.764 bits per heavy atom. The molecule has 0 fully saturated rings. The zero-order valence-corrected chi connectivity index (χ0v) is 36.9. The SMILES string of the molecule is CCCCCCC/C=C\C/C=C\CCCCCCCCCCCC(=O)NC(CO)C(O)/C=C/CC/C=C/CCCCCCCCCCCCCCCCCC. The molecule has 2 atom stereocenters. The van der Waals surface area contributed by atoms with Crippen molar-refractivity contribution in [2.75, 3.05) is 6.61 Å². The molecule has 0 aromatic heterocycles. The molecule has 0 spiro atoms. The molecule has 0 saturated carbocycles. The quantitative estimate of drug-likeness (QED) is 0.0427. The third kappa shape index (κ3) is 43.3. The number of aliphatic hydroxyl groups is 2. The smallest absolute Gasteiger partial charge is 0.220 e. The lowest BCUT2D eigenvalue weighted by Crippen LogP contribution is -2.45. The minimum absolute atomic E-state index is 0.0774. The van der Waals surface area contributed by atoms with Gasteiger partial charge in [-0.15, -0.1) is 0 Å². The van der Waals surface area contributed by atoms with Gasteiger partial charge in [-0.05, 0) is 64.2 Å². The van der Waals surface area contributed by atoms with Crippen molar-refractivity contribution in [2.24, 2.45) is 0 Å². The molecule has 0 bridgehead atoms. The molecule has 0 saturated heterocycles. The monoisotopic (exact) mass is 770 g/mol. The highest BCUT2D eigenvalue weighted by Gasteiger charge is 2.17. The van der Waals surface area contributed by atoms with E-state index in [0.29, 0.717) is 6.42 Å². The summed E-state index contributed by atoms with van der Waals surface area (Å²) >= 11 is 0. The maximum atomic E-state index is 12.4. The maximum Gasteiger partial charge on any atom is 0.220 e. The van der Waals surface area contributed by atoms with E-state index in [9.17, 15) is 15.0 Å². The molecule has 1 amide bonds. The van der Waals surface area contributed by atoms with Crippen molar-refractivity contribution in [3.8, 4) is 0 Å². The Balaban J connectivity index is 3.59. The van der Waals surface area contributed by atoms with Gasteiger partial charge in [-0.1, -0.05) is 229 Å². The Labute approximate surface area is 344 Å². The first kappa shape index (κ1) is 53.4. The molecule has 55 heavy (non-hydrogen) atoms. The predicted octanol–water partition coefficient (Wildman–Crippen LogP) is 15.5. The minimum Gasteiger partial charge on any atom is -0.394 e. The Bertz CT molecular complexity index is 877. The van der Waals surface area contributed by atoms with Crippen molar-refractivity contribution >= 4 is 5.91 Å². The van der Waals surface area contributed by atoms with Gasteiger partial charge in [0.05, 0.1) is 18.8 Å². The Morgan fingerprint density at radius 1 is 0.436 bits per heavy atom. The topological polar surface area (TPSA) is 69.6 Å². The molecule has 322 valence electrons. The highest BCUT2D eigenvalue weighted by Crippen LogP contribution is 2.15. The van der Waals surface area contributed by atoms with Gasteiger partial charge in [-0.25, -0.2) is 0 Å². The van der Waals surface area contributed by atoms with Crippen LogP contribution >= 0.6 is 0 Å². The van der Waals surface area contributed by atoms with Crippen LogP contribution < -0.4 is 5.32 Å². The number of aliphatic hydroxyl groups excluding tert-OH is 2. The number of carbonyl (C=O) groups is 1. The van der Waals surface area contributed by atoms with Crippen molar-refractivity contribution in [3.63, 3.8) is 0 Å². The summed E-state index contributed by atoms with van der Waals surface area (Å²) in [5.74, 6) is -0.0774. The van der Waals surface area contributed by atoms with E-state index < -0.39 is 12.1 Å². The number of carbonyl (C=O) groups excluding carboxylic acids is 1. The fourth-order valence-corrected chi connectivity index (χ4v) is 7.28. The van der Waals surface area contributed by atoms with E-state index in [1.165, 1.54) is 193 Å². The highest BCUT2D eigenvalue weighted by molar-refractivity contribution is 5.76. The molecular formula is C51H95NO3. The third-order valence-electron chi connectivity index (χ3n) is 11.0. The molecule has 2 unspecified atom stereocenters. The second-order valence-electron chi connectivity index (χ2n) is 16.5. The third-order valence-corrected chi connectivity index (χ3v) is 11.0. The van der Waals surface area contributed by atoms with Crippen molar-refractivity contribution in [3.05, 3.63) is 48.6 Å². The van der Waals surface area contributed by atoms with Gasteiger partial charge in [0, 0.05) is 6.42 Å². The fraction of sp³-hybridized carbons (Fsp3) is 0.824. The van der Waals surface area contributed by atoms with E-state index in [-0.39, 0.29) is 12.5 Å². The lowest BCUT2D eigenvalue weighted by Gasteiger charge is -2.19. The van der Waals surface area contributed by atoms with Crippen molar-refractivity contribution in [2.45, 2.75) is 264 Å². The second kappa shape index (κ2) is 46.7. The fourth-order valence-electron chi connectivity index (χ4n) is 7.28. The zero-order valence-electron chi connectivity index (χ0n) is 36.9. The van der Waals surface area contributed by atoms with E-state index in [1.807, 2.05) is 6.08 Å². The summed E-state index contributed by atoms with van der Waals surface area (Å²) in [4.78, 5) is 12.4. The van der Waals surface area contributed by atoms with Crippen molar-refractivity contribution in [1.29, 1.82) is 0 Å². The molecule has 0 aliphatic heterocycles. The van der Waals surface area contributed by atoms with Gasteiger partial charge < -0.3 is 15.5 Å². The number of rotatable bonds is 44. The summed E-state index contributed by atoms with van der Waals surface area (Å²) in [5, 5.41) is 23.1. The molecule has 3 N–H and O–H groups in total.